The van der Waals surface area contributed by atoms with Gasteiger partial charge in [0.25, 0.3) is 0 Å². The van der Waals surface area contributed by atoms with Crippen LogP contribution in [0.3, 0.4) is 0 Å². The van der Waals surface area contributed by atoms with Crippen LogP contribution in [0.5, 0.6) is 23.0 Å². The summed E-state index contributed by atoms with van der Waals surface area (Å²) in [6, 6.07) is 10.5. The largest absolute Gasteiger partial charge is 0.497 e. The molecule has 0 amide bonds. The van der Waals surface area contributed by atoms with Crippen molar-refractivity contribution in [1.29, 1.82) is 0 Å². The van der Waals surface area contributed by atoms with Crippen LogP contribution in [0.4, 0.5) is 0 Å². The fraction of sp³-hybridized carbons (Fsp3) is 0.167. The molecule has 5 heteroatoms. The van der Waals surface area contributed by atoms with Crippen LogP contribution in [-0.2, 0) is 0 Å². The zero-order valence-corrected chi connectivity index (χ0v) is 13.1. The third-order valence-corrected chi connectivity index (χ3v) is 3.60. The molecule has 5 nitrogen and oxygen atoms in total. The van der Waals surface area contributed by atoms with Crippen LogP contribution in [0, 0.1) is 0 Å². The minimum absolute atomic E-state index is 0.166. The van der Waals surface area contributed by atoms with Crippen molar-refractivity contribution in [1.82, 2.24) is 0 Å². The van der Waals surface area contributed by atoms with Crippen molar-refractivity contribution < 1.29 is 23.7 Å². The summed E-state index contributed by atoms with van der Waals surface area (Å²) < 4.78 is 21.3. The Morgan fingerprint density at radius 3 is 2.30 bits per heavy atom. The van der Waals surface area contributed by atoms with Gasteiger partial charge >= 0.3 is 0 Å². The molecule has 3 rings (SSSR count). The Morgan fingerprint density at radius 2 is 1.61 bits per heavy atom. The van der Waals surface area contributed by atoms with Crippen molar-refractivity contribution in [2.24, 2.45) is 0 Å². The van der Waals surface area contributed by atoms with Gasteiger partial charge in [-0.05, 0) is 30.3 Å². The van der Waals surface area contributed by atoms with E-state index in [2.05, 4.69) is 0 Å². The first kappa shape index (κ1) is 15.0. The average molecular weight is 312 g/mol. The van der Waals surface area contributed by atoms with Gasteiger partial charge in [0.15, 0.2) is 5.76 Å². The normalized spacial score (nSPS) is 14.4. The quantitative estimate of drug-likeness (QED) is 0.811. The third-order valence-electron chi connectivity index (χ3n) is 3.60. The van der Waals surface area contributed by atoms with Crippen LogP contribution in [0.1, 0.15) is 15.9 Å². The molecule has 2 aromatic rings. The van der Waals surface area contributed by atoms with Gasteiger partial charge in [-0.1, -0.05) is 0 Å². The minimum Gasteiger partial charge on any atom is -0.497 e. The van der Waals surface area contributed by atoms with Crippen molar-refractivity contribution in [3.8, 4) is 23.0 Å². The number of allylic oxidation sites excluding steroid dienone is 1. The van der Waals surface area contributed by atoms with E-state index in [1.807, 2.05) is 6.07 Å². The highest BCUT2D eigenvalue weighted by molar-refractivity contribution is 6.14. The molecule has 0 aliphatic carbocycles. The molecule has 0 radical (unpaired) electrons. The maximum absolute atomic E-state index is 12.4. The summed E-state index contributed by atoms with van der Waals surface area (Å²) in [5.74, 6) is 2.49. The second-order valence-electron chi connectivity index (χ2n) is 4.91. The molecule has 0 saturated carbocycles. The second kappa shape index (κ2) is 6.04. The van der Waals surface area contributed by atoms with Gasteiger partial charge in [0.1, 0.15) is 23.0 Å². The lowest BCUT2D eigenvalue weighted by Crippen LogP contribution is -1.99. The Labute approximate surface area is 134 Å². The van der Waals surface area contributed by atoms with Crippen LogP contribution >= 0.6 is 0 Å². The summed E-state index contributed by atoms with van der Waals surface area (Å²) >= 11 is 0. The lowest BCUT2D eigenvalue weighted by Gasteiger charge is -2.08. The number of benzene rings is 2. The molecule has 1 aliphatic heterocycles. The average Bonchev–Trinajstić information content (AvgIpc) is 2.90. The van der Waals surface area contributed by atoms with Crippen LogP contribution in [-0.4, -0.2) is 27.1 Å². The molecule has 2 aromatic carbocycles. The Kier molecular flexibility index (Phi) is 3.93. The molecule has 0 saturated heterocycles. The van der Waals surface area contributed by atoms with Gasteiger partial charge in [-0.25, -0.2) is 0 Å². The topological polar surface area (TPSA) is 54.0 Å². The Bertz CT molecular complexity index is 792. The molecule has 1 aliphatic rings. The van der Waals surface area contributed by atoms with Crippen molar-refractivity contribution in [2.75, 3.05) is 21.3 Å². The molecule has 0 spiro atoms. The monoisotopic (exact) mass is 312 g/mol. The van der Waals surface area contributed by atoms with Crippen LogP contribution in [0.25, 0.3) is 6.08 Å². The first-order valence-corrected chi connectivity index (χ1v) is 7.00. The zero-order valence-electron chi connectivity index (χ0n) is 13.1. The van der Waals surface area contributed by atoms with Gasteiger partial charge in [0.05, 0.1) is 26.9 Å². The van der Waals surface area contributed by atoms with Crippen LogP contribution < -0.4 is 18.9 Å². The number of fused-ring (bicyclic) bond motifs is 1. The fourth-order valence-electron chi connectivity index (χ4n) is 2.37. The van der Waals surface area contributed by atoms with E-state index < -0.39 is 0 Å². The molecule has 118 valence electrons. The van der Waals surface area contributed by atoms with E-state index in [-0.39, 0.29) is 11.5 Å². The summed E-state index contributed by atoms with van der Waals surface area (Å²) in [7, 11) is 4.71. The van der Waals surface area contributed by atoms with Crippen LogP contribution in [0.2, 0.25) is 0 Å². The SMILES string of the molecule is COc1ccc(C=C2Oc3cc(OC)ccc3C2=O)c(OC)c1. The molecule has 1 heterocycles. The molecular weight excluding hydrogens is 296 g/mol. The number of Topliss-reactive ketones (excluding diaryl/α,β-unsaturated/α-hetero) is 1. The molecule has 0 atom stereocenters. The summed E-state index contributed by atoms with van der Waals surface area (Å²) in [5.41, 5.74) is 1.25. The van der Waals surface area contributed by atoms with Gasteiger partial charge in [0, 0.05) is 17.7 Å². The molecular formula is C18H16O5. The second-order valence-corrected chi connectivity index (χ2v) is 4.91. The lowest BCUT2D eigenvalue weighted by molar-refractivity contribution is 0.101. The summed E-state index contributed by atoms with van der Waals surface area (Å²) in [6.07, 6.45) is 1.66. The molecule has 0 unspecified atom stereocenters. The Balaban J connectivity index is 1.97. The van der Waals surface area contributed by atoms with E-state index in [0.717, 1.165) is 5.56 Å². The predicted molar refractivity (Wildman–Crippen MR) is 85.5 cm³/mol. The van der Waals surface area contributed by atoms with Gasteiger partial charge in [0.2, 0.25) is 5.78 Å². The first-order valence-electron chi connectivity index (χ1n) is 7.00. The Hall–Kier alpha value is -2.95. The zero-order chi connectivity index (χ0) is 16.4. The number of carbonyl (C=O) groups is 1. The number of rotatable bonds is 4. The fourth-order valence-corrected chi connectivity index (χ4v) is 2.37. The molecule has 23 heavy (non-hydrogen) atoms. The lowest BCUT2D eigenvalue weighted by atomic mass is 10.1. The maximum atomic E-state index is 12.4. The van der Waals surface area contributed by atoms with Crippen molar-refractivity contribution in [2.45, 2.75) is 0 Å². The van der Waals surface area contributed by atoms with E-state index in [0.29, 0.717) is 28.6 Å². The number of hydrogen-bond donors (Lipinski definition) is 0. The van der Waals surface area contributed by atoms with Crippen LogP contribution in [0.15, 0.2) is 42.2 Å². The standard InChI is InChI=1S/C18H16O5/c1-20-12-5-4-11(15(9-12)22-3)8-17-18(19)14-7-6-13(21-2)10-16(14)23-17/h4-10H,1-3H3. The van der Waals surface area contributed by atoms with E-state index in [1.54, 1.807) is 57.7 Å². The number of ether oxygens (including phenoxy) is 4. The van der Waals surface area contributed by atoms with E-state index in [9.17, 15) is 4.79 Å². The summed E-state index contributed by atoms with van der Waals surface area (Å²) in [6.45, 7) is 0. The van der Waals surface area contributed by atoms with E-state index in [4.69, 9.17) is 18.9 Å². The molecule has 0 fully saturated rings. The highest BCUT2D eigenvalue weighted by Gasteiger charge is 2.28. The number of ketones is 1. The van der Waals surface area contributed by atoms with E-state index in [1.165, 1.54) is 0 Å². The molecule has 0 N–H and O–H groups in total. The van der Waals surface area contributed by atoms with Gasteiger partial charge in [-0.15, -0.1) is 0 Å². The third kappa shape index (κ3) is 2.73. The maximum Gasteiger partial charge on any atom is 0.231 e. The number of hydrogen-bond acceptors (Lipinski definition) is 5. The van der Waals surface area contributed by atoms with Crippen molar-refractivity contribution in [3.63, 3.8) is 0 Å². The van der Waals surface area contributed by atoms with Gasteiger partial charge in [-0.2, -0.15) is 0 Å². The highest BCUT2D eigenvalue weighted by atomic mass is 16.5. The van der Waals surface area contributed by atoms with Gasteiger partial charge in [-0.3, -0.25) is 4.79 Å². The summed E-state index contributed by atoms with van der Waals surface area (Å²) in [5, 5.41) is 0. The number of methoxy groups -OCH3 is 3. The predicted octanol–water partition coefficient (Wildman–Crippen LogP) is 3.33. The smallest absolute Gasteiger partial charge is 0.231 e. The first-order chi connectivity index (χ1) is 11.2. The summed E-state index contributed by atoms with van der Waals surface area (Å²) in [4.78, 5) is 12.4. The minimum atomic E-state index is -0.166. The molecule has 0 bridgehead atoms. The van der Waals surface area contributed by atoms with Gasteiger partial charge < -0.3 is 18.9 Å². The number of carbonyl (C=O) groups excluding carboxylic acids is 1. The Morgan fingerprint density at radius 1 is 0.913 bits per heavy atom. The van der Waals surface area contributed by atoms with Crippen molar-refractivity contribution in [3.05, 3.63) is 53.3 Å². The van der Waals surface area contributed by atoms with E-state index >= 15 is 0 Å². The highest BCUT2D eigenvalue weighted by Crippen LogP contribution is 2.36. The van der Waals surface area contributed by atoms with Crippen molar-refractivity contribution >= 4 is 11.9 Å². The molecule has 0 aromatic heterocycles.